The van der Waals surface area contributed by atoms with Crippen molar-refractivity contribution in [3.63, 3.8) is 0 Å². The second-order valence-electron chi connectivity index (χ2n) is 4.14. The number of anilines is 1. The fraction of sp³-hybridized carbons (Fsp3) is 0. The van der Waals surface area contributed by atoms with Crippen molar-refractivity contribution in [1.82, 2.24) is 15.1 Å². The van der Waals surface area contributed by atoms with Crippen LogP contribution >= 0.6 is 15.9 Å². The van der Waals surface area contributed by atoms with E-state index in [-0.39, 0.29) is 23.0 Å². The molecule has 0 radical (unpaired) electrons. The van der Waals surface area contributed by atoms with Crippen molar-refractivity contribution < 1.29 is 13.3 Å². The third-order valence-electron chi connectivity index (χ3n) is 2.71. The number of pyridine rings is 1. The fourth-order valence-electron chi connectivity index (χ4n) is 1.69. The molecule has 1 aromatic carbocycles. The summed E-state index contributed by atoms with van der Waals surface area (Å²) >= 11 is 3.26. The highest BCUT2D eigenvalue weighted by atomic mass is 79.9. The predicted octanol–water partition coefficient (Wildman–Crippen LogP) is 3.42. The van der Waals surface area contributed by atoms with Crippen molar-refractivity contribution in [2.45, 2.75) is 0 Å². The van der Waals surface area contributed by atoms with E-state index < -0.39 is 11.6 Å². The zero-order valence-corrected chi connectivity index (χ0v) is 11.9. The van der Waals surface area contributed by atoms with E-state index in [9.17, 15) is 8.78 Å². The minimum Gasteiger partial charge on any atom is -0.398 e. The van der Waals surface area contributed by atoms with Gasteiger partial charge in [0.2, 0.25) is 5.82 Å². The molecule has 5 nitrogen and oxygen atoms in total. The van der Waals surface area contributed by atoms with Crippen LogP contribution in [0.5, 0.6) is 0 Å². The number of benzene rings is 1. The molecule has 0 fully saturated rings. The molecule has 0 amide bonds. The molecule has 2 heterocycles. The van der Waals surface area contributed by atoms with E-state index >= 15 is 0 Å². The summed E-state index contributed by atoms with van der Waals surface area (Å²) in [7, 11) is 0. The van der Waals surface area contributed by atoms with Gasteiger partial charge < -0.3 is 10.3 Å². The van der Waals surface area contributed by atoms with Crippen LogP contribution in [0.3, 0.4) is 0 Å². The summed E-state index contributed by atoms with van der Waals surface area (Å²) in [6, 6.07) is 5.24. The van der Waals surface area contributed by atoms with Crippen LogP contribution in [0.4, 0.5) is 14.5 Å². The highest BCUT2D eigenvalue weighted by Crippen LogP contribution is 2.28. The third kappa shape index (κ3) is 2.62. The molecule has 0 aliphatic heterocycles. The van der Waals surface area contributed by atoms with Crippen LogP contribution < -0.4 is 5.73 Å². The van der Waals surface area contributed by atoms with E-state index in [1.54, 1.807) is 18.3 Å². The fourth-order valence-corrected chi connectivity index (χ4v) is 1.93. The molecule has 8 heteroatoms. The van der Waals surface area contributed by atoms with E-state index in [1.807, 2.05) is 0 Å². The Morgan fingerprint density at radius 3 is 2.62 bits per heavy atom. The Labute approximate surface area is 125 Å². The van der Waals surface area contributed by atoms with Gasteiger partial charge in [-0.3, -0.25) is 4.98 Å². The summed E-state index contributed by atoms with van der Waals surface area (Å²) in [5.41, 5.74) is 6.25. The van der Waals surface area contributed by atoms with E-state index in [2.05, 4.69) is 31.1 Å². The Morgan fingerprint density at radius 1 is 1.14 bits per heavy atom. The van der Waals surface area contributed by atoms with E-state index in [4.69, 9.17) is 10.3 Å². The summed E-state index contributed by atoms with van der Waals surface area (Å²) < 4.78 is 32.2. The maximum atomic E-state index is 13.3. The van der Waals surface area contributed by atoms with E-state index in [0.29, 0.717) is 5.69 Å². The van der Waals surface area contributed by atoms with Crippen LogP contribution in [0.25, 0.3) is 23.0 Å². The summed E-state index contributed by atoms with van der Waals surface area (Å²) in [6.07, 6.45) is 1.58. The number of rotatable bonds is 2. The van der Waals surface area contributed by atoms with Gasteiger partial charge in [0.05, 0.1) is 5.56 Å². The molecule has 21 heavy (non-hydrogen) atoms. The first-order chi connectivity index (χ1) is 10.0. The smallest absolute Gasteiger partial charge is 0.260 e. The molecule has 0 saturated carbocycles. The van der Waals surface area contributed by atoms with Gasteiger partial charge in [0, 0.05) is 22.4 Å². The SMILES string of the molecule is Nc1cc(F)c(F)cc1-c1nc(-c2ccc(Br)cn2)no1. The minimum absolute atomic E-state index is 0.00728. The van der Waals surface area contributed by atoms with Crippen LogP contribution in [0.1, 0.15) is 0 Å². The van der Waals surface area contributed by atoms with Crippen LogP contribution in [-0.2, 0) is 0 Å². The maximum Gasteiger partial charge on any atom is 0.260 e. The lowest BCUT2D eigenvalue weighted by Crippen LogP contribution is -1.95. The van der Waals surface area contributed by atoms with Gasteiger partial charge in [0.25, 0.3) is 5.89 Å². The summed E-state index contributed by atoms with van der Waals surface area (Å²) in [4.78, 5) is 8.20. The molecule has 0 bridgehead atoms. The van der Waals surface area contributed by atoms with Crippen LogP contribution in [0, 0.1) is 11.6 Å². The lowest BCUT2D eigenvalue weighted by molar-refractivity contribution is 0.431. The number of nitrogen functional groups attached to an aromatic ring is 1. The summed E-state index contributed by atoms with van der Waals surface area (Å²) in [5.74, 6) is -1.86. The van der Waals surface area contributed by atoms with Crippen molar-refractivity contribution in [1.29, 1.82) is 0 Å². The van der Waals surface area contributed by atoms with Crippen LogP contribution in [-0.4, -0.2) is 15.1 Å². The molecule has 0 spiro atoms. The molecule has 2 aromatic heterocycles. The highest BCUT2D eigenvalue weighted by molar-refractivity contribution is 9.10. The quantitative estimate of drug-likeness (QED) is 0.715. The molecule has 106 valence electrons. The number of hydrogen-bond donors (Lipinski definition) is 1. The molecule has 0 saturated heterocycles. The zero-order valence-electron chi connectivity index (χ0n) is 10.3. The molecule has 3 rings (SSSR count). The summed E-state index contributed by atoms with van der Waals surface area (Å²) in [5, 5.41) is 3.75. The van der Waals surface area contributed by atoms with Gasteiger partial charge in [0.15, 0.2) is 11.6 Å². The largest absolute Gasteiger partial charge is 0.398 e. The molecule has 0 unspecified atom stereocenters. The van der Waals surface area contributed by atoms with Gasteiger partial charge in [-0.25, -0.2) is 8.78 Å². The lowest BCUT2D eigenvalue weighted by atomic mass is 10.1. The molecule has 3 aromatic rings. The Bertz CT molecular complexity index is 804. The first kappa shape index (κ1) is 13.6. The topological polar surface area (TPSA) is 77.8 Å². The van der Waals surface area contributed by atoms with Crippen molar-refractivity contribution in [3.8, 4) is 23.0 Å². The summed E-state index contributed by atoms with van der Waals surface area (Å²) in [6.45, 7) is 0. The normalized spacial score (nSPS) is 10.8. The molecule has 0 aliphatic rings. The molecule has 2 N–H and O–H groups in total. The third-order valence-corrected chi connectivity index (χ3v) is 3.17. The molecular weight excluding hydrogens is 346 g/mol. The van der Waals surface area contributed by atoms with Crippen molar-refractivity contribution in [3.05, 3.63) is 46.6 Å². The zero-order chi connectivity index (χ0) is 15.0. The number of nitrogens with zero attached hydrogens (tertiary/aromatic N) is 3. The Kier molecular flexibility index (Phi) is 3.38. The number of nitrogens with two attached hydrogens (primary N) is 1. The Hall–Kier alpha value is -2.35. The second kappa shape index (κ2) is 5.21. The lowest BCUT2D eigenvalue weighted by Gasteiger charge is -2.01. The molecule has 0 aliphatic carbocycles. The number of hydrogen-bond acceptors (Lipinski definition) is 5. The number of aromatic nitrogens is 3. The number of halogens is 3. The van der Waals surface area contributed by atoms with E-state index in [1.165, 1.54) is 0 Å². The standard InChI is InChI=1S/C13H7BrF2N4O/c14-6-1-2-11(18-5-6)12-19-13(21-20-12)7-3-8(15)9(16)4-10(7)17/h1-5H,17H2. The van der Waals surface area contributed by atoms with E-state index in [0.717, 1.165) is 16.6 Å². The van der Waals surface area contributed by atoms with Gasteiger partial charge in [-0.2, -0.15) is 4.98 Å². The first-order valence-corrected chi connectivity index (χ1v) is 6.54. The van der Waals surface area contributed by atoms with Gasteiger partial charge in [0.1, 0.15) is 5.69 Å². The average molecular weight is 353 g/mol. The van der Waals surface area contributed by atoms with Crippen LogP contribution in [0.2, 0.25) is 0 Å². The minimum atomic E-state index is -1.04. The predicted molar refractivity (Wildman–Crippen MR) is 75.0 cm³/mol. The Morgan fingerprint density at radius 2 is 1.90 bits per heavy atom. The maximum absolute atomic E-state index is 13.3. The van der Waals surface area contributed by atoms with Gasteiger partial charge in [-0.05, 0) is 34.1 Å². The van der Waals surface area contributed by atoms with Crippen LogP contribution in [0.15, 0.2) is 39.5 Å². The second-order valence-corrected chi connectivity index (χ2v) is 5.05. The van der Waals surface area contributed by atoms with Gasteiger partial charge in [-0.1, -0.05) is 5.16 Å². The van der Waals surface area contributed by atoms with Crippen molar-refractivity contribution in [2.24, 2.45) is 0 Å². The molecular formula is C13H7BrF2N4O. The van der Waals surface area contributed by atoms with Gasteiger partial charge >= 0.3 is 0 Å². The van der Waals surface area contributed by atoms with Crippen molar-refractivity contribution in [2.75, 3.05) is 5.73 Å². The monoisotopic (exact) mass is 352 g/mol. The Balaban J connectivity index is 2.02. The first-order valence-electron chi connectivity index (χ1n) is 5.75. The highest BCUT2D eigenvalue weighted by Gasteiger charge is 2.16. The van der Waals surface area contributed by atoms with Gasteiger partial charge in [-0.15, -0.1) is 0 Å². The molecule has 0 atom stereocenters. The van der Waals surface area contributed by atoms with Crippen molar-refractivity contribution >= 4 is 21.6 Å². The average Bonchev–Trinajstić information content (AvgIpc) is 2.93.